The predicted molar refractivity (Wildman–Crippen MR) is 105 cm³/mol. The van der Waals surface area contributed by atoms with E-state index in [1.54, 1.807) is 35.6 Å². The summed E-state index contributed by atoms with van der Waals surface area (Å²) in [5, 5.41) is 6.82. The van der Waals surface area contributed by atoms with E-state index in [1.807, 2.05) is 6.07 Å². The molecule has 26 heavy (non-hydrogen) atoms. The second-order valence-electron chi connectivity index (χ2n) is 6.90. The van der Waals surface area contributed by atoms with Gasteiger partial charge in [-0.3, -0.25) is 4.99 Å². The monoisotopic (exact) mass is 376 g/mol. The van der Waals surface area contributed by atoms with E-state index in [1.165, 1.54) is 0 Å². The lowest BCUT2D eigenvalue weighted by molar-refractivity contribution is 0.273. The molecule has 6 nitrogen and oxygen atoms in total. The summed E-state index contributed by atoms with van der Waals surface area (Å²) in [6.07, 6.45) is 8.18. The summed E-state index contributed by atoms with van der Waals surface area (Å²) >= 11 is 0. The van der Waals surface area contributed by atoms with Gasteiger partial charge in [-0.05, 0) is 43.7 Å². The average Bonchev–Trinajstić information content (AvgIpc) is 3.19. The van der Waals surface area contributed by atoms with Crippen LogP contribution in [0.1, 0.15) is 25.7 Å². The molecule has 0 saturated carbocycles. The summed E-state index contributed by atoms with van der Waals surface area (Å²) < 4.78 is 27.0. The van der Waals surface area contributed by atoms with Crippen LogP contribution in [-0.4, -0.2) is 51.4 Å². The molecule has 2 N–H and O–H groups in total. The van der Waals surface area contributed by atoms with Gasteiger partial charge in [0.05, 0.1) is 4.90 Å². The van der Waals surface area contributed by atoms with Crippen LogP contribution in [0.25, 0.3) is 0 Å². The van der Waals surface area contributed by atoms with E-state index < -0.39 is 10.0 Å². The lowest BCUT2D eigenvalue weighted by Gasteiger charge is -2.31. The number of piperidine rings is 1. The minimum atomic E-state index is -3.37. The predicted octanol–water partition coefficient (Wildman–Crippen LogP) is 1.97. The first-order valence-corrected chi connectivity index (χ1v) is 10.7. The van der Waals surface area contributed by atoms with Gasteiger partial charge in [0.1, 0.15) is 0 Å². The smallest absolute Gasteiger partial charge is 0.243 e. The highest BCUT2D eigenvalue weighted by Gasteiger charge is 2.29. The molecule has 0 atom stereocenters. The zero-order valence-corrected chi connectivity index (χ0v) is 16.1. The van der Waals surface area contributed by atoms with Gasteiger partial charge >= 0.3 is 0 Å². The number of guanidine groups is 1. The van der Waals surface area contributed by atoms with E-state index in [-0.39, 0.29) is 0 Å². The van der Waals surface area contributed by atoms with Gasteiger partial charge < -0.3 is 10.6 Å². The molecule has 0 bridgehead atoms. The Morgan fingerprint density at radius 1 is 1.15 bits per heavy atom. The molecule has 0 spiro atoms. The second kappa shape index (κ2) is 8.68. The van der Waals surface area contributed by atoms with E-state index >= 15 is 0 Å². The Morgan fingerprint density at radius 3 is 2.42 bits per heavy atom. The van der Waals surface area contributed by atoms with Crippen molar-refractivity contribution in [3.8, 4) is 0 Å². The molecule has 0 amide bonds. The fourth-order valence-corrected chi connectivity index (χ4v) is 4.95. The van der Waals surface area contributed by atoms with Gasteiger partial charge in [0.25, 0.3) is 0 Å². The van der Waals surface area contributed by atoms with Crippen LogP contribution in [0.3, 0.4) is 0 Å². The minimum Gasteiger partial charge on any atom is -0.356 e. The third-order valence-corrected chi connectivity index (χ3v) is 7.00. The second-order valence-corrected chi connectivity index (χ2v) is 8.84. The quantitative estimate of drug-likeness (QED) is 0.468. The lowest BCUT2D eigenvalue weighted by Crippen LogP contribution is -2.46. The molecule has 142 valence electrons. The molecule has 1 aliphatic carbocycles. The van der Waals surface area contributed by atoms with Crippen LogP contribution in [-0.2, 0) is 10.0 Å². The number of rotatable bonds is 5. The largest absolute Gasteiger partial charge is 0.356 e. The molecule has 1 aromatic carbocycles. The van der Waals surface area contributed by atoms with Gasteiger partial charge in [-0.1, -0.05) is 30.4 Å². The first-order chi connectivity index (χ1) is 12.6. The highest BCUT2D eigenvalue weighted by Crippen LogP contribution is 2.23. The van der Waals surface area contributed by atoms with Gasteiger partial charge in [0.2, 0.25) is 10.0 Å². The first kappa shape index (κ1) is 18.9. The van der Waals surface area contributed by atoms with Crippen molar-refractivity contribution in [2.45, 2.75) is 36.6 Å². The Kier molecular flexibility index (Phi) is 6.32. The summed E-state index contributed by atoms with van der Waals surface area (Å²) in [7, 11) is -1.58. The summed E-state index contributed by atoms with van der Waals surface area (Å²) in [5.41, 5.74) is 0. The summed E-state index contributed by atoms with van der Waals surface area (Å²) in [6.45, 7) is 1.96. The first-order valence-electron chi connectivity index (χ1n) is 9.27. The number of nitrogens with one attached hydrogen (secondary N) is 2. The maximum absolute atomic E-state index is 12.7. The van der Waals surface area contributed by atoms with Crippen LogP contribution >= 0.6 is 0 Å². The van der Waals surface area contributed by atoms with Crippen molar-refractivity contribution >= 4 is 16.0 Å². The average molecular weight is 377 g/mol. The third kappa shape index (κ3) is 4.65. The zero-order valence-electron chi connectivity index (χ0n) is 15.3. The summed E-state index contributed by atoms with van der Waals surface area (Å²) in [4.78, 5) is 4.67. The van der Waals surface area contributed by atoms with E-state index in [9.17, 15) is 8.42 Å². The van der Waals surface area contributed by atoms with Gasteiger partial charge in [0, 0.05) is 32.7 Å². The van der Waals surface area contributed by atoms with Crippen molar-refractivity contribution in [1.82, 2.24) is 14.9 Å². The Morgan fingerprint density at radius 2 is 1.81 bits per heavy atom. The molecule has 1 heterocycles. The maximum atomic E-state index is 12.7. The standard InChI is InChI=1S/C19H28N4O2S/c1-20-19(22-17-7-5-6-8-17)21-15-16-11-13-23(14-12-16)26(24,25)18-9-3-2-4-10-18/h2-6,9-10,16-17H,7-8,11-15H2,1H3,(H2,20,21,22). The number of hydrogen-bond acceptors (Lipinski definition) is 3. The number of benzene rings is 1. The van der Waals surface area contributed by atoms with Crippen molar-refractivity contribution in [2.75, 3.05) is 26.7 Å². The van der Waals surface area contributed by atoms with E-state index in [0.717, 1.165) is 38.2 Å². The Labute approximate surface area is 156 Å². The molecule has 3 rings (SSSR count). The van der Waals surface area contributed by atoms with Crippen LogP contribution in [0.4, 0.5) is 0 Å². The molecule has 1 aromatic rings. The molecular formula is C19H28N4O2S. The Hall–Kier alpha value is -1.86. The molecule has 1 fully saturated rings. The number of sulfonamides is 1. The highest BCUT2D eigenvalue weighted by atomic mass is 32.2. The molecule has 1 saturated heterocycles. The topological polar surface area (TPSA) is 73.8 Å². The highest BCUT2D eigenvalue weighted by molar-refractivity contribution is 7.89. The third-order valence-electron chi connectivity index (χ3n) is 5.08. The van der Waals surface area contributed by atoms with Gasteiger partial charge in [-0.25, -0.2) is 8.42 Å². The fraction of sp³-hybridized carbons (Fsp3) is 0.526. The SMILES string of the molecule is CN=C(NCC1CCN(S(=O)(=O)c2ccccc2)CC1)NC1CC=CC1. The fourth-order valence-electron chi connectivity index (χ4n) is 3.46. The number of aliphatic imine (C=N–C) groups is 1. The molecular weight excluding hydrogens is 348 g/mol. The van der Waals surface area contributed by atoms with Crippen molar-refractivity contribution < 1.29 is 8.42 Å². The van der Waals surface area contributed by atoms with Crippen LogP contribution in [0.15, 0.2) is 52.4 Å². The zero-order chi connectivity index (χ0) is 18.4. The Balaban J connectivity index is 1.46. The van der Waals surface area contributed by atoms with Crippen LogP contribution in [0.5, 0.6) is 0 Å². The van der Waals surface area contributed by atoms with E-state index in [2.05, 4.69) is 27.8 Å². The molecule has 0 radical (unpaired) electrons. The maximum Gasteiger partial charge on any atom is 0.243 e. The summed E-state index contributed by atoms with van der Waals surface area (Å²) in [5.74, 6) is 1.29. The van der Waals surface area contributed by atoms with Crippen molar-refractivity contribution in [2.24, 2.45) is 10.9 Å². The van der Waals surface area contributed by atoms with Gasteiger partial charge in [-0.15, -0.1) is 0 Å². The minimum absolute atomic E-state index is 0.381. The van der Waals surface area contributed by atoms with E-state index in [4.69, 9.17) is 0 Å². The van der Waals surface area contributed by atoms with Crippen LogP contribution in [0.2, 0.25) is 0 Å². The van der Waals surface area contributed by atoms with Crippen molar-refractivity contribution in [1.29, 1.82) is 0 Å². The summed E-state index contributed by atoms with van der Waals surface area (Å²) in [6, 6.07) is 9.12. The number of nitrogens with zero attached hydrogens (tertiary/aromatic N) is 2. The van der Waals surface area contributed by atoms with E-state index in [0.29, 0.717) is 29.9 Å². The number of hydrogen-bond donors (Lipinski definition) is 2. The molecule has 0 aromatic heterocycles. The molecule has 0 unspecified atom stereocenters. The van der Waals surface area contributed by atoms with Gasteiger partial charge in [0.15, 0.2) is 5.96 Å². The molecule has 7 heteroatoms. The normalized spacial score (nSPS) is 20.4. The van der Waals surface area contributed by atoms with Crippen LogP contribution < -0.4 is 10.6 Å². The molecule has 2 aliphatic rings. The Bertz CT molecular complexity index is 730. The van der Waals surface area contributed by atoms with Crippen molar-refractivity contribution in [3.63, 3.8) is 0 Å². The lowest BCUT2D eigenvalue weighted by atomic mass is 9.98. The van der Waals surface area contributed by atoms with Crippen molar-refractivity contribution in [3.05, 3.63) is 42.5 Å². The van der Waals surface area contributed by atoms with Gasteiger partial charge in [-0.2, -0.15) is 4.31 Å². The van der Waals surface area contributed by atoms with Crippen LogP contribution in [0, 0.1) is 5.92 Å². The molecule has 1 aliphatic heterocycles.